The Hall–Kier alpha value is -2.10. The first-order chi connectivity index (χ1) is 7.27. The highest BCUT2D eigenvalue weighted by Gasteiger charge is 2.10. The van der Waals surface area contributed by atoms with Crippen molar-refractivity contribution in [2.45, 2.75) is 6.92 Å². The average molecular weight is 200 g/mol. The zero-order valence-electron chi connectivity index (χ0n) is 8.07. The molecule has 4 nitrogen and oxygen atoms in total. The Morgan fingerprint density at radius 3 is 2.80 bits per heavy atom. The largest absolute Gasteiger partial charge is 0.337 e. The summed E-state index contributed by atoms with van der Waals surface area (Å²) in [5.41, 5.74) is 1.09. The molecule has 0 radical (unpaired) electrons. The molecule has 4 heteroatoms. The molecule has 0 amide bonds. The van der Waals surface area contributed by atoms with Gasteiger partial charge in [0, 0.05) is 10.8 Å². The van der Waals surface area contributed by atoms with Crippen molar-refractivity contribution in [3.05, 3.63) is 40.3 Å². The Kier molecular flexibility index (Phi) is 1.48. The first-order valence-corrected chi connectivity index (χ1v) is 4.64. The van der Waals surface area contributed by atoms with E-state index >= 15 is 0 Å². The Balaban J connectivity index is 2.74. The molecule has 0 atom stereocenters. The fourth-order valence-corrected chi connectivity index (χ4v) is 1.84. The second kappa shape index (κ2) is 2.70. The molecule has 3 aromatic rings. The van der Waals surface area contributed by atoms with E-state index in [2.05, 4.69) is 10.1 Å². The van der Waals surface area contributed by atoms with Gasteiger partial charge in [-0.05, 0) is 13.0 Å². The van der Waals surface area contributed by atoms with Gasteiger partial charge in [-0.3, -0.25) is 9.78 Å². The van der Waals surface area contributed by atoms with Crippen LogP contribution in [0, 0.1) is 6.92 Å². The summed E-state index contributed by atoms with van der Waals surface area (Å²) in [7, 11) is 0. The number of fused-ring (bicyclic) bond motifs is 3. The Labute approximate surface area is 84.5 Å². The van der Waals surface area contributed by atoms with Crippen molar-refractivity contribution in [2.24, 2.45) is 0 Å². The van der Waals surface area contributed by atoms with Gasteiger partial charge in [0.2, 0.25) is 5.71 Å². The van der Waals surface area contributed by atoms with Crippen molar-refractivity contribution in [2.75, 3.05) is 0 Å². The molecule has 2 aromatic heterocycles. The van der Waals surface area contributed by atoms with E-state index in [1.54, 1.807) is 6.07 Å². The van der Waals surface area contributed by atoms with E-state index < -0.39 is 0 Å². The van der Waals surface area contributed by atoms with Gasteiger partial charge in [-0.2, -0.15) is 0 Å². The lowest BCUT2D eigenvalue weighted by Gasteiger charge is -1.96. The maximum Gasteiger partial charge on any atom is 0.258 e. The van der Waals surface area contributed by atoms with Crippen LogP contribution >= 0.6 is 0 Å². The third-order valence-corrected chi connectivity index (χ3v) is 2.53. The molecule has 0 fully saturated rings. The van der Waals surface area contributed by atoms with Gasteiger partial charge in [0.25, 0.3) is 5.56 Å². The van der Waals surface area contributed by atoms with Crippen LogP contribution in [0.1, 0.15) is 5.69 Å². The van der Waals surface area contributed by atoms with Gasteiger partial charge in [0.15, 0.2) is 0 Å². The molecule has 74 valence electrons. The molecule has 3 rings (SSSR count). The van der Waals surface area contributed by atoms with Gasteiger partial charge < -0.3 is 4.52 Å². The minimum Gasteiger partial charge on any atom is -0.337 e. The van der Waals surface area contributed by atoms with Gasteiger partial charge in [0.05, 0.1) is 11.1 Å². The topological polar surface area (TPSA) is 58.9 Å². The maximum absolute atomic E-state index is 11.7. The zero-order valence-corrected chi connectivity index (χ0v) is 8.07. The molecule has 15 heavy (non-hydrogen) atoms. The lowest BCUT2D eigenvalue weighted by Crippen LogP contribution is -2.05. The van der Waals surface area contributed by atoms with Crippen LogP contribution in [0.3, 0.4) is 0 Å². The lowest BCUT2D eigenvalue weighted by molar-refractivity contribution is 0.442. The Bertz CT molecular complexity index is 709. The van der Waals surface area contributed by atoms with Crippen LogP contribution in [0.4, 0.5) is 0 Å². The minimum atomic E-state index is -0.144. The summed E-state index contributed by atoms with van der Waals surface area (Å²) in [4.78, 5) is 14.3. The summed E-state index contributed by atoms with van der Waals surface area (Å²) in [6, 6.07) is 7.43. The van der Waals surface area contributed by atoms with Crippen LogP contribution in [0.5, 0.6) is 0 Å². The summed E-state index contributed by atoms with van der Waals surface area (Å²) in [5, 5.41) is 6.27. The number of pyridine rings is 1. The number of aromatic amines is 1. The number of nitrogens with zero attached hydrogens (tertiary/aromatic N) is 1. The van der Waals surface area contributed by atoms with E-state index in [9.17, 15) is 4.79 Å². The molecule has 0 aliphatic carbocycles. The zero-order chi connectivity index (χ0) is 10.4. The van der Waals surface area contributed by atoms with Gasteiger partial charge in [-0.25, -0.2) is 0 Å². The first kappa shape index (κ1) is 8.23. The second-order valence-electron chi connectivity index (χ2n) is 3.47. The molecule has 0 spiro atoms. The molecule has 0 saturated heterocycles. The summed E-state index contributed by atoms with van der Waals surface area (Å²) in [6.45, 7) is 1.86. The first-order valence-electron chi connectivity index (χ1n) is 4.64. The lowest BCUT2D eigenvalue weighted by atomic mass is 10.1. The van der Waals surface area contributed by atoms with Crippen molar-refractivity contribution < 1.29 is 4.52 Å². The van der Waals surface area contributed by atoms with Crippen molar-refractivity contribution in [3.63, 3.8) is 0 Å². The van der Waals surface area contributed by atoms with Crippen LogP contribution in [0.15, 0.2) is 33.6 Å². The number of hydrogen-bond acceptors (Lipinski definition) is 3. The monoisotopic (exact) mass is 200 g/mol. The van der Waals surface area contributed by atoms with E-state index in [0.29, 0.717) is 11.1 Å². The minimum absolute atomic E-state index is 0.144. The molecule has 0 bridgehead atoms. The summed E-state index contributed by atoms with van der Waals surface area (Å²) < 4.78 is 5.03. The Morgan fingerprint density at radius 2 is 2.00 bits per heavy atom. The SMILES string of the molecule is Cc1noc2[nH]c(=O)c3ccccc3c12. The second-order valence-corrected chi connectivity index (χ2v) is 3.47. The van der Waals surface area contributed by atoms with Crippen LogP contribution in [0.25, 0.3) is 21.9 Å². The third-order valence-electron chi connectivity index (χ3n) is 2.53. The Morgan fingerprint density at radius 1 is 1.27 bits per heavy atom. The van der Waals surface area contributed by atoms with E-state index in [0.717, 1.165) is 16.5 Å². The summed E-state index contributed by atoms with van der Waals surface area (Å²) in [6.07, 6.45) is 0. The van der Waals surface area contributed by atoms with Gasteiger partial charge in [0.1, 0.15) is 0 Å². The fourth-order valence-electron chi connectivity index (χ4n) is 1.84. The number of benzene rings is 1. The highest BCUT2D eigenvalue weighted by molar-refractivity contribution is 6.04. The molecule has 2 heterocycles. The standard InChI is InChI=1S/C11H8N2O2/c1-6-9-7-4-2-3-5-8(7)10(14)12-11(9)15-13-6/h2-5H,1H3,(H,12,14). The molecular formula is C11H8N2O2. The number of aromatic nitrogens is 2. The quantitative estimate of drug-likeness (QED) is 0.603. The van der Waals surface area contributed by atoms with E-state index in [1.807, 2.05) is 25.1 Å². The van der Waals surface area contributed by atoms with Crippen molar-refractivity contribution in [3.8, 4) is 0 Å². The number of nitrogens with one attached hydrogen (secondary N) is 1. The molecule has 1 aromatic carbocycles. The van der Waals surface area contributed by atoms with Gasteiger partial charge >= 0.3 is 0 Å². The number of H-pyrrole nitrogens is 1. The van der Waals surface area contributed by atoms with Crippen LogP contribution < -0.4 is 5.56 Å². The molecule has 0 aliphatic rings. The van der Waals surface area contributed by atoms with E-state index in [4.69, 9.17) is 4.52 Å². The number of hydrogen-bond donors (Lipinski definition) is 1. The van der Waals surface area contributed by atoms with Crippen molar-refractivity contribution in [1.29, 1.82) is 0 Å². The predicted molar refractivity (Wildman–Crippen MR) is 56.9 cm³/mol. The summed E-state index contributed by atoms with van der Waals surface area (Å²) in [5.74, 6) is 0. The summed E-state index contributed by atoms with van der Waals surface area (Å²) >= 11 is 0. The molecule has 0 aliphatic heterocycles. The van der Waals surface area contributed by atoms with Crippen molar-refractivity contribution >= 4 is 21.9 Å². The third kappa shape index (κ3) is 1.01. The average Bonchev–Trinajstić information content (AvgIpc) is 2.61. The van der Waals surface area contributed by atoms with Crippen molar-refractivity contribution in [1.82, 2.24) is 10.1 Å². The highest BCUT2D eigenvalue weighted by atomic mass is 16.5. The van der Waals surface area contributed by atoms with Crippen LogP contribution in [-0.2, 0) is 0 Å². The molecule has 1 N–H and O–H groups in total. The normalized spacial score (nSPS) is 11.3. The van der Waals surface area contributed by atoms with Crippen LogP contribution in [-0.4, -0.2) is 10.1 Å². The molecule has 0 unspecified atom stereocenters. The molecule has 0 saturated carbocycles. The van der Waals surface area contributed by atoms with Crippen LogP contribution in [0.2, 0.25) is 0 Å². The number of rotatable bonds is 0. The predicted octanol–water partition coefficient (Wildman–Crippen LogP) is 1.98. The molecular weight excluding hydrogens is 192 g/mol. The fraction of sp³-hybridized carbons (Fsp3) is 0.0909. The van der Waals surface area contributed by atoms with E-state index in [-0.39, 0.29) is 5.56 Å². The smallest absolute Gasteiger partial charge is 0.258 e. The van der Waals surface area contributed by atoms with Gasteiger partial charge in [-0.15, -0.1) is 0 Å². The van der Waals surface area contributed by atoms with Gasteiger partial charge in [-0.1, -0.05) is 23.4 Å². The van der Waals surface area contributed by atoms with E-state index in [1.165, 1.54) is 0 Å². The highest BCUT2D eigenvalue weighted by Crippen LogP contribution is 2.23. The maximum atomic E-state index is 11.7. The number of aryl methyl sites for hydroxylation is 1.